The predicted molar refractivity (Wildman–Crippen MR) is 94.4 cm³/mol. The van der Waals surface area contributed by atoms with E-state index >= 15 is 0 Å². The minimum atomic E-state index is -4.73. The summed E-state index contributed by atoms with van der Waals surface area (Å²) in [5, 5.41) is 13.6. The van der Waals surface area contributed by atoms with Crippen molar-refractivity contribution in [2.45, 2.75) is 37.3 Å². The number of benzene rings is 1. The van der Waals surface area contributed by atoms with Gasteiger partial charge >= 0.3 is 12.4 Å². The third-order valence-electron chi connectivity index (χ3n) is 5.25. The van der Waals surface area contributed by atoms with Crippen molar-refractivity contribution in [1.29, 1.82) is 0 Å². The summed E-state index contributed by atoms with van der Waals surface area (Å²) in [7, 11) is 0. The molecule has 0 radical (unpaired) electrons. The molecular formula is C19H17F6N3O. The molecule has 1 fully saturated rings. The number of aliphatic hydroxyl groups excluding tert-OH is 1. The Hall–Kier alpha value is -2.33. The summed E-state index contributed by atoms with van der Waals surface area (Å²) in [6, 6.07) is 4.47. The monoisotopic (exact) mass is 417 g/mol. The van der Waals surface area contributed by atoms with E-state index in [0.29, 0.717) is 24.9 Å². The second-order valence-corrected chi connectivity index (χ2v) is 7.14. The number of halogens is 6. The summed E-state index contributed by atoms with van der Waals surface area (Å²) >= 11 is 0. The van der Waals surface area contributed by atoms with Crippen molar-refractivity contribution in [3.8, 4) is 0 Å². The van der Waals surface area contributed by atoms with E-state index in [2.05, 4.69) is 10.3 Å². The highest BCUT2D eigenvalue weighted by atomic mass is 19.4. The van der Waals surface area contributed by atoms with Gasteiger partial charge in [-0.1, -0.05) is 0 Å². The van der Waals surface area contributed by atoms with Gasteiger partial charge in [-0.05, 0) is 49.7 Å². The smallest absolute Gasteiger partial charge is 0.390 e. The molecule has 29 heavy (non-hydrogen) atoms. The molecule has 0 unspecified atom stereocenters. The van der Waals surface area contributed by atoms with Gasteiger partial charge in [0.15, 0.2) is 0 Å². The van der Waals surface area contributed by atoms with Crippen LogP contribution in [0.15, 0.2) is 30.3 Å². The number of pyridine rings is 1. The molecule has 2 aromatic heterocycles. The maximum Gasteiger partial charge on any atom is 0.433 e. The van der Waals surface area contributed by atoms with Crippen LogP contribution >= 0.6 is 0 Å². The SMILES string of the molecule is O[C@@H]1CNCCC[C@H]1n1c2ccc(C(F)(F)F)cc2c2nc(C(F)(F)F)ccc21. The highest BCUT2D eigenvalue weighted by Gasteiger charge is 2.35. The zero-order valence-corrected chi connectivity index (χ0v) is 15.0. The van der Waals surface area contributed by atoms with Crippen LogP contribution in [0.1, 0.15) is 30.1 Å². The standard InChI is InChI=1S/C19H17F6N3O/c20-18(21,22)10-3-4-12-11(8-10)17-14(5-6-16(27-17)19(23,24)25)28(12)13-2-1-7-26-9-15(13)29/h3-6,8,13,15,26,29H,1-2,7,9H2/t13-,15-/m1/s1. The van der Waals surface area contributed by atoms with Gasteiger partial charge in [0, 0.05) is 11.9 Å². The molecule has 0 spiro atoms. The zero-order chi connectivity index (χ0) is 21.0. The molecule has 4 rings (SSSR count). The number of aromatic nitrogens is 2. The maximum atomic E-state index is 13.2. The Bertz CT molecular complexity index is 985. The normalized spacial score (nSPS) is 21.6. The first-order valence-corrected chi connectivity index (χ1v) is 9.05. The molecule has 3 heterocycles. The molecule has 1 aliphatic heterocycles. The first-order valence-electron chi connectivity index (χ1n) is 9.05. The molecule has 0 aliphatic carbocycles. The van der Waals surface area contributed by atoms with E-state index in [1.54, 1.807) is 4.57 Å². The van der Waals surface area contributed by atoms with Crippen molar-refractivity contribution in [2.75, 3.05) is 13.1 Å². The lowest BCUT2D eigenvalue weighted by Gasteiger charge is -2.24. The molecule has 3 aromatic rings. The van der Waals surface area contributed by atoms with Gasteiger partial charge in [0.25, 0.3) is 0 Å². The van der Waals surface area contributed by atoms with E-state index in [-0.39, 0.29) is 23.0 Å². The minimum absolute atomic E-state index is 0.0228. The Morgan fingerprint density at radius 3 is 2.41 bits per heavy atom. The zero-order valence-electron chi connectivity index (χ0n) is 15.0. The van der Waals surface area contributed by atoms with Gasteiger partial charge in [0.05, 0.1) is 34.3 Å². The molecule has 2 N–H and O–H groups in total. The predicted octanol–water partition coefficient (Wildman–Crippen LogP) is 4.51. The summed E-state index contributed by atoms with van der Waals surface area (Å²) < 4.78 is 80.7. The van der Waals surface area contributed by atoms with Crippen molar-refractivity contribution < 1.29 is 31.4 Å². The first kappa shape index (κ1) is 20.0. The quantitative estimate of drug-likeness (QED) is 0.573. The van der Waals surface area contributed by atoms with Crippen LogP contribution < -0.4 is 5.32 Å². The molecule has 0 amide bonds. The van der Waals surface area contributed by atoms with Gasteiger partial charge < -0.3 is 15.0 Å². The Labute approximate surface area is 161 Å². The Morgan fingerprint density at radius 2 is 1.72 bits per heavy atom. The summed E-state index contributed by atoms with van der Waals surface area (Å²) in [4.78, 5) is 3.65. The van der Waals surface area contributed by atoms with Gasteiger partial charge in [-0.3, -0.25) is 0 Å². The molecule has 10 heteroatoms. The fourth-order valence-electron chi connectivity index (χ4n) is 3.92. The second-order valence-electron chi connectivity index (χ2n) is 7.14. The fraction of sp³-hybridized carbons (Fsp3) is 0.421. The molecular weight excluding hydrogens is 400 g/mol. The minimum Gasteiger partial charge on any atom is -0.390 e. The number of nitrogens with zero attached hydrogens (tertiary/aromatic N) is 2. The van der Waals surface area contributed by atoms with Crippen LogP contribution in [0.4, 0.5) is 26.3 Å². The molecule has 1 aromatic carbocycles. The van der Waals surface area contributed by atoms with Crippen molar-refractivity contribution in [3.63, 3.8) is 0 Å². The van der Waals surface area contributed by atoms with Crippen LogP contribution in [-0.4, -0.2) is 33.9 Å². The number of aliphatic hydroxyl groups is 1. The van der Waals surface area contributed by atoms with Crippen molar-refractivity contribution in [1.82, 2.24) is 14.9 Å². The van der Waals surface area contributed by atoms with Crippen LogP contribution in [0.5, 0.6) is 0 Å². The average molecular weight is 417 g/mol. The van der Waals surface area contributed by atoms with E-state index in [1.807, 2.05) is 0 Å². The first-order chi connectivity index (χ1) is 13.6. The van der Waals surface area contributed by atoms with E-state index < -0.39 is 35.8 Å². The molecule has 156 valence electrons. The lowest BCUT2D eigenvalue weighted by molar-refractivity contribution is -0.141. The van der Waals surface area contributed by atoms with Crippen LogP contribution in [-0.2, 0) is 12.4 Å². The van der Waals surface area contributed by atoms with Crippen LogP contribution in [0, 0.1) is 0 Å². The van der Waals surface area contributed by atoms with E-state index in [1.165, 1.54) is 12.1 Å². The lowest BCUT2D eigenvalue weighted by Crippen LogP contribution is -2.31. The topological polar surface area (TPSA) is 50.1 Å². The number of hydrogen-bond donors (Lipinski definition) is 2. The number of fused-ring (bicyclic) bond motifs is 3. The van der Waals surface area contributed by atoms with Gasteiger partial charge in [-0.25, -0.2) is 4.98 Å². The Kier molecular flexibility index (Phi) is 4.73. The highest BCUT2D eigenvalue weighted by Crippen LogP contribution is 2.39. The maximum absolute atomic E-state index is 13.2. The van der Waals surface area contributed by atoms with Gasteiger partial charge in [0.2, 0.25) is 0 Å². The van der Waals surface area contributed by atoms with E-state index in [4.69, 9.17) is 0 Å². The van der Waals surface area contributed by atoms with E-state index in [0.717, 1.165) is 18.2 Å². The number of hydrogen-bond acceptors (Lipinski definition) is 3. The largest absolute Gasteiger partial charge is 0.433 e. The highest BCUT2D eigenvalue weighted by molar-refractivity contribution is 6.06. The van der Waals surface area contributed by atoms with Crippen LogP contribution in [0.25, 0.3) is 21.9 Å². The van der Waals surface area contributed by atoms with E-state index in [9.17, 15) is 31.4 Å². The number of β-amino-alcohol motifs (C(OH)–C–C–N with tert-alkyl or cyclic N) is 1. The van der Waals surface area contributed by atoms with Gasteiger partial charge in [-0.2, -0.15) is 26.3 Å². The van der Waals surface area contributed by atoms with Crippen LogP contribution in [0.2, 0.25) is 0 Å². The van der Waals surface area contributed by atoms with Crippen molar-refractivity contribution in [2.24, 2.45) is 0 Å². The third-order valence-corrected chi connectivity index (χ3v) is 5.25. The molecule has 1 saturated heterocycles. The summed E-state index contributed by atoms with van der Waals surface area (Å²) in [5.74, 6) is 0. The number of rotatable bonds is 1. The average Bonchev–Trinajstić information content (AvgIpc) is 2.80. The van der Waals surface area contributed by atoms with Crippen molar-refractivity contribution >= 4 is 21.9 Å². The molecule has 0 bridgehead atoms. The third kappa shape index (κ3) is 3.55. The molecule has 0 saturated carbocycles. The van der Waals surface area contributed by atoms with Gasteiger partial charge in [-0.15, -0.1) is 0 Å². The second kappa shape index (κ2) is 6.88. The Balaban J connectivity index is 2.03. The van der Waals surface area contributed by atoms with Crippen LogP contribution in [0.3, 0.4) is 0 Å². The lowest BCUT2D eigenvalue weighted by atomic mass is 10.1. The van der Waals surface area contributed by atoms with Crippen molar-refractivity contribution in [3.05, 3.63) is 41.6 Å². The molecule has 2 atom stereocenters. The summed E-state index contributed by atoms with van der Waals surface area (Å²) in [5.41, 5.74) is -1.73. The molecule has 1 aliphatic rings. The number of nitrogens with one attached hydrogen (secondary N) is 1. The fourth-order valence-corrected chi connectivity index (χ4v) is 3.92. The van der Waals surface area contributed by atoms with Gasteiger partial charge in [0.1, 0.15) is 5.69 Å². The molecule has 4 nitrogen and oxygen atoms in total. The summed E-state index contributed by atoms with van der Waals surface area (Å²) in [6.45, 7) is 0.944. The Morgan fingerprint density at radius 1 is 1.00 bits per heavy atom. The number of alkyl halides is 6. The summed E-state index contributed by atoms with van der Waals surface area (Å²) in [6.07, 6.45) is -8.99.